The molecule has 2 atom stereocenters. The van der Waals surface area contributed by atoms with Crippen molar-refractivity contribution in [2.75, 3.05) is 18.0 Å². The monoisotopic (exact) mass is 241 g/mol. The van der Waals surface area contributed by atoms with Crippen molar-refractivity contribution in [1.29, 1.82) is 0 Å². The molecule has 1 aliphatic rings. The maximum atomic E-state index is 12.1. The van der Waals surface area contributed by atoms with Crippen molar-refractivity contribution >= 4 is 23.6 Å². The van der Waals surface area contributed by atoms with Crippen LogP contribution >= 0.6 is 11.8 Å². The quantitative estimate of drug-likeness (QED) is 0.741. The molecule has 0 spiro atoms. The number of nitrogens with one attached hydrogen (secondary N) is 1. The van der Waals surface area contributed by atoms with Crippen LogP contribution in [-0.4, -0.2) is 49.6 Å². The van der Waals surface area contributed by atoms with E-state index in [0.29, 0.717) is 5.25 Å². The Hall–Kier alpha value is -1.24. The average molecular weight is 241 g/mol. The number of rotatable bonds is 1. The van der Waals surface area contributed by atoms with E-state index < -0.39 is 0 Å². The van der Waals surface area contributed by atoms with Gasteiger partial charge in [0.15, 0.2) is 0 Å². The van der Waals surface area contributed by atoms with Crippen molar-refractivity contribution in [2.45, 2.75) is 25.1 Å². The first-order valence-corrected chi connectivity index (χ1v) is 6.25. The lowest BCUT2D eigenvalue weighted by Crippen LogP contribution is -2.48. The number of amides is 1. The van der Waals surface area contributed by atoms with Gasteiger partial charge in [-0.3, -0.25) is 9.89 Å². The molecule has 1 aromatic heterocycles. The number of carbonyl (C=O) groups excluding carboxylic acids is 1. The molecule has 3 N–H and O–H groups in total. The predicted molar refractivity (Wildman–Crippen MR) is 63.2 cm³/mol. The molecule has 2 heterocycles. The van der Waals surface area contributed by atoms with Crippen LogP contribution in [0.4, 0.5) is 5.95 Å². The molecule has 1 aromatic rings. The first-order valence-electron chi connectivity index (χ1n) is 5.20. The minimum Gasteiger partial charge on any atom is -0.366 e. The second-order valence-electron chi connectivity index (χ2n) is 3.86. The third kappa shape index (κ3) is 1.99. The molecule has 2 rings (SSSR count). The maximum absolute atomic E-state index is 12.1. The summed E-state index contributed by atoms with van der Waals surface area (Å²) in [7, 11) is 0. The first kappa shape index (κ1) is 11.3. The van der Waals surface area contributed by atoms with Crippen LogP contribution in [0.25, 0.3) is 0 Å². The molecule has 2 unspecified atom stereocenters. The van der Waals surface area contributed by atoms with Crippen LogP contribution in [0.2, 0.25) is 0 Å². The van der Waals surface area contributed by atoms with Gasteiger partial charge in [0.25, 0.3) is 5.91 Å². The van der Waals surface area contributed by atoms with Gasteiger partial charge in [-0.15, -0.1) is 5.10 Å². The third-order valence-electron chi connectivity index (χ3n) is 2.85. The van der Waals surface area contributed by atoms with Gasteiger partial charge >= 0.3 is 0 Å². The van der Waals surface area contributed by atoms with Gasteiger partial charge in [-0.05, 0) is 6.92 Å². The van der Waals surface area contributed by atoms with Crippen LogP contribution in [0.3, 0.4) is 0 Å². The molecular formula is C9H15N5OS. The van der Waals surface area contributed by atoms with Gasteiger partial charge in [0, 0.05) is 23.6 Å². The number of anilines is 1. The van der Waals surface area contributed by atoms with Gasteiger partial charge in [0.05, 0.1) is 0 Å². The molecule has 88 valence electrons. The number of nitrogen functional groups attached to an aromatic ring is 1. The van der Waals surface area contributed by atoms with Crippen LogP contribution in [0.15, 0.2) is 0 Å². The van der Waals surface area contributed by atoms with E-state index in [4.69, 9.17) is 5.73 Å². The van der Waals surface area contributed by atoms with Crippen molar-refractivity contribution in [3.05, 3.63) is 5.82 Å². The van der Waals surface area contributed by atoms with E-state index in [9.17, 15) is 4.79 Å². The van der Waals surface area contributed by atoms with E-state index in [-0.39, 0.29) is 23.7 Å². The Morgan fingerprint density at radius 1 is 1.62 bits per heavy atom. The Morgan fingerprint density at radius 3 is 3.00 bits per heavy atom. The van der Waals surface area contributed by atoms with E-state index in [2.05, 4.69) is 29.0 Å². The highest BCUT2D eigenvalue weighted by Crippen LogP contribution is 2.24. The Morgan fingerprint density at radius 2 is 2.38 bits per heavy atom. The number of nitrogens with two attached hydrogens (primary N) is 1. The number of nitrogens with zero attached hydrogens (tertiary/aromatic N) is 3. The number of hydrogen-bond acceptors (Lipinski definition) is 5. The molecule has 0 aliphatic carbocycles. The number of aromatic amines is 1. The second kappa shape index (κ2) is 4.32. The molecule has 0 aromatic carbocycles. The molecule has 1 amide bonds. The van der Waals surface area contributed by atoms with Crippen LogP contribution in [0.1, 0.15) is 24.5 Å². The summed E-state index contributed by atoms with van der Waals surface area (Å²) in [5.41, 5.74) is 5.38. The maximum Gasteiger partial charge on any atom is 0.291 e. The Labute approximate surface area is 98.0 Å². The summed E-state index contributed by atoms with van der Waals surface area (Å²) in [5, 5.41) is 6.66. The highest BCUT2D eigenvalue weighted by Gasteiger charge is 2.30. The third-order valence-corrected chi connectivity index (χ3v) is 4.19. The first-order chi connectivity index (χ1) is 7.59. The van der Waals surface area contributed by atoms with Crippen LogP contribution in [-0.2, 0) is 0 Å². The van der Waals surface area contributed by atoms with E-state index in [0.717, 1.165) is 12.3 Å². The van der Waals surface area contributed by atoms with Gasteiger partial charge in [-0.2, -0.15) is 16.7 Å². The Bertz CT molecular complexity index is 393. The Balaban J connectivity index is 2.15. The number of aromatic nitrogens is 3. The zero-order valence-electron chi connectivity index (χ0n) is 9.30. The molecule has 1 aliphatic heterocycles. The average Bonchev–Trinajstić information content (AvgIpc) is 2.68. The molecule has 0 saturated carbocycles. The molecular weight excluding hydrogens is 226 g/mol. The zero-order chi connectivity index (χ0) is 11.7. The lowest BCUT2D eigenvalue weighted by molar-refractivity contribution is 0.0686. The lowest BCUT2D eigenvalue weighted by atomic mass is 10.2. The molecule has 0 radical (unpaired) electrons. The summed E-state index contributed by atoms with van der Waals surface area (Å²) in [6.07, 6.45) is 0. The normalized spacial score (nSPS) is 25.8. The number of H-pyrrole nitrogens is 1. The fourth-order valence-electron chi connectivity index (χ4n) is 1.73. The Kier molecular flexibility index (Phi) is 3.04. The van der Waals surface area contributed by atoms with Gasteiger partial charge in [-0.25, -0.2) is 0 Å². The highest BCUT2D eigenvalue weighted by molar-refractivity contribution is 8.00. The van der Waals surface area contributed by atoms with Crippen LogP contribution in [0.5, 0.6) is 0 Å². The lowest BCUT2D eigenvalue weighted by Gasteiger charge is -2.36. The van der Waals surface area contributed by atoms with Crippen molar-refractivity contribution in [3.8, 4) is 0 Å². The van der Waals surface area contributed by atoms with E-state index in [1.807, 2.05) is 16.7 Å². The second-order valence-corrected chi connectivity index (χ2v) is 5.34. The zero-order valence-corrected chi connectivity index (χ0v) is 10.1. The molecule has 1 fully saturated rings. The van der Waals surface area contributed by atoms with E-state index in [1.54, 1.807) is 0 Å². The van der Waals surface area contributed by atoms with Gasteiger partial charge in [-0.1, -0.05) is 6.92 Å². The van der Waals surface area contributed by atoms with Gasteiger partial charge < -0.3 is 10.6 Å². The summed E-state index contributed by atoms with van der Waals surface area (Å²) in [4.78, 5) is 17.8. The van der Waals surface area contributed by atoms with E-state index in [1.165, 1.54) is 0 Å². The topological polar surface area (TPSA) is 87.9 Å². The van der Waals surface area contributed by atoms with Gasteiger partial charge in [0.2, 0.25) is 11.8 Å². The minimum absolute atomic E-state index is 0.107. The standard InChI is InChI=1S/C9H15N5OS/c1-5-6(2)16-4-3-14(5)8(15)7-11-9(10)13-12-7/h5-6H,3-4H2,1-2H3,(H3,10,11,12,13). The summed E-state index contributed by atoms with van der Waals surface area (Å²) in [6.45, 7) is 4.92. The van der Waals surface area contributed by atoms with Crippen LogP contribution in [0, 0.1) is 0 Å². The smallest absolute Gasteiger partial charge is 0.291 e. The van der Waals surface area contributed by atoms with Crippen molar-refractivity contribution in [3.63, 3.8) is 0 Å². The van der Waals surface area contributed by atoms with Gasteiger partial charge in [0.1, 0.15) is 0 Å². The summed E-state index contributed by atoms with van der Waals surface area (Å²) in [5.74, 6) is 1.17. The van der Waals surface area contributed by atoms with E-state index >= 15 is 0 Å². The largest absolute Gasteiger partial charge is 0.366 e. The SMILES string of the molecule is CC1SCCN(C(=O)c2nc(N)n[nH]2)C1C. The number of hydrogen-bond donors (Lipinski definition) is 2. The summed E-state index contributed by atoms with van der Waals surface area (Å²) >= 11 is 1.88. The number of thioether (sulfide) groups is 1. The predicted octanol–water partition coefficient (Wildman–Crippen LogP) is 0.353. The fourth-order valence-corrected chi connectivity index (χ4v) is 2.83. The molecule has 6 nitrogen and oxygen atoms in total. The summed E-state index contributed by atoms with van der Waals surface area (Å²) in [6, 6.07) is 0.206. The number of carbonyl (C=O) groups is 1. The minimum atomic E-state index is -0.121. The van der Waals surface area contributed by atoms with Crippen molar-refractivity contribution in [2.24, 2.45) is 0 Å². The highest BCUT2D eigenvalue weighted by atomic mass is 32.2. The molecule has 1 saturated heterocycles. The molecule has 0 bridgehead atoms. The summed E-state index contributed by atoms with van der Waals surface area (Å²) < 4.78 is 0. The van der Waals surface area contributed by atoms with Crippen molar-refractivity contribution in [1.82, 2.24) is 20.1 Å². The van der Waals surface area contributed by atoms with Crippen LogP contribution < -0.4 is 5.73 Å². The van der Waals surface area contributed by atoms with Crippen molar-refractivity contribution < 1.29 is 4.79 Å². The molecule has 16 heavy (non-hydrogen) atoms. The fraction of sp³-hybridized carbons (Fsp3) is 0.667. The molecule has 7 heteroatoms.